The van der Waals surface area contributed by atoms with Gasteiger partial charge in [0, 0.05) is 5.25 Å². The summed E-state index contributed by atoms with van der Waals surface area (Å²) in [5, 5.41) is 3.67. The molecule has 5 nitrogen and oxygen atoms in total. The topological polar surface area (TPSA) is 61.8 Å². The van der Waals surface area contributed by atoms with Crippen molar-refractivity contribution in [2.24, 2.45) is 4.99 Å². The highest BCUT2D eigenvalue weighted by atomic mass is 32.2. The summed E-state index contributed by atoms with van der Waals surface area (Å²) in [4.78, 5) is 4.76. The molecule has 1 aliphatic carbocycles. The van der Waals surface area contributed by atoms with E-state index in [9.17, 15) is 8.42 Å². The molecule has 0 bridgehead atoms. The average molecular weight is 317 g/mol. The number of hydrogen-bond donors (Lipinski definition) is 1. The lowest BCUT2D eigenvalue weighted by atomic mass is 10.2. The van der Waals surface area contributed by atoms with Crippen LogP contribution in [0.4, 0.5) is 0 Å². The molecule has 2 aliphatic heterocycles. The third kappa shape index (κ3) is 3.14. The van der Waals surface area contributed by atoms with Crippen molar-refractivity contribution < 1.29 is 8.42 Å². The van der Waals surface area contributed by atoms with Crippen LogP contribution in [0.2, 0.25) is 0 Å². The van der Waals surface area contributed by atoms with Gasteiger partial charge in [0.2, 0.25) is 0 Å². The summed E-state index contributed by atoms with van der Waals surface area (Å²) in [6.07, 6.45) is 5.82. The highest BCUT2D eigenvalue weighted by Crippen LogP contribution is 2.35. The molecule has 3 rings (SSSR count). The fourth-order valence-electron chi connectivity index (χ4n) is 3.13. The summed E-state index contributed by atoms with van der Waals surface area (Å²) >= 11 is 1.83. The minimum Gasteiger partial charge on any atom is -0.281 e. The Morgan fingerprint density at radius 1 is 1.30 bits per heavy atom. The third-order valence-corrected chi connectivity index (χ3v) is 7.18. The molecule has 1 N–H and O–H groups in total. The van der Waals surface area contributed by atoms with Crippen molar-refractivity contribution in [1.82, 2.24) is 10.4 Å². The average Bonchev–Trinajstić information content (AvgIpc) is 3.00. The standard InChI is InChI=1S/C13H23N3O2S2/c1-13(2)14-12(19-11-5-3-4-6-11)16(15-13)10-7-8-20(17,18)9-10/h10-11,15H,3-9H2,1-2H3. The van der Waals surface area contributed by atoms with Gasteiger partial charge in [-0.15, -0.1) is 0 Å². The minimum atomic E-state index is -2.87. The van der Waals surface area contributed by atoms with Crippen LogP contribution < -0.4 is 5.43 Å². The molecule has 0 aromatic heterocycles. The Kier molecular flexibility index (Phi) is 3.79. The Labute approximate surface area is 125 Å². The van der Waals surface area contributed by atoms with Gasteiger partial charge in [0.15, 0.2) is 15.0 Å². The molecular formula is C13H23N3O2S2. The summed E-state index contributed by atoms with van der Waals surface area (Å²) in [5.74, 6) is 0.554. The molecule has 3 aliphatic rings. The smallest absolute Gasteiger partial charge is 0.176 e. The fraction of sp³-hybridized carbons (Fsp3) is 0.923. The van der Waals surface area contributed by atoms with Gasteiger partial charge in [0.1, 0.15) is 5.66 Å². The Morgan fingerprint density at radius 3 is 2.60 bits per heavy atom. The minimum absolute atomic E-state index is 0.0365. The normalized spacial score (nSPS) is 32.8. The van der Waals surface area contributed by atoms with Crippen molar-refractivity contribution in [1.29, 1.82) is 0 Å². The maximum absolute atomic E-state index is 11.7. The molecule has 7 heteroatoms. The molecule has 0 spiro atoms. The Bertz CT molecular complexity index is 510. The Balaban J connectivity index is 1.74. The first-order valence-electron chi connectivity index (χ1n) is 7.39. The van der Waals surface area contributed by atoms with E-state index in [0.717, 1.165) is 5.17 Å². The molecule has 0 amide bonds. The van der Waals surface area contributed by atoms with Crippen molar-refractivity contribution in [2.75, 3.05) is 11.5 Å². The van der Waals surface area contributed by atoms with E-state index in [0.29, 0.717) is 17.4 Å². The first kappa shape index (κ1) is 14.7. The Morgan fingerprint density at radius 2 is 2.00 bits per heavy atom. The number of hydrogen-bond acceptors (Lipinski definition) is 6. The van der Waals surface area contributed by atoms with Gasteiger partial charge in [-0.3, -0.25) is 5.01 Å². The number of thioether (sulfide) groups is 1. The van der Waals surface area contributed by atoms with Crippen LogP contribution in [0.3, 0.4) is 0 Å². The van der Waals surface area contributed by atoms with Gasteiger partial charge in [-0.1, -0.05) is 24.6 Å². The van der Waals surface area contributed by atoms with Crippen LogP contribution >= 0.6 is 11.8 Å². The van der Waals surface area contributed by atoms with Crippen LogP contribution in [0.15, 0.2) is 4.99 Å². The lowest BCUT2D eigenvalue weighted by Crippen LogP contribution is -2.50. The van der Waals surface area contributed by atoms with Crippen molar-refractivity contribution in [3.05, 3.63) is 0 Å². The van der Waals surface area contributed by atoms with Gasteiger partial charge in [0.05, 0.1) is 17.5 Å². The lowest BCUT2D eigenvalue weighted by molar-refractivity contribution is 0.204. The molecule has 1 saturated heterocycles. The van der Waals surface area contributed by atoms with Crippen LogP contribution in [-0.4, -0.2) is 47.1 Å². The first-order chi connectivity index (χ1) is 9.35. The van der Waals surface area contributed by atoms with E-state index in [2.05, 4.69) is 5.43 Å². The van der Waals surface area contributed by atoms with Gasteiger partial charge in [-0.05, 0) is 33.1 Å². The second-order valence-corrected chi connectivity index (χ2v) is 10.0. The number of amidine groups is 1. The second-order valence-electron chi connectivity index (χ2n) is 6.52. The maximum Gasteiger partial charge on any atom is 0.176 e. The zero-order valence-corrected chi connectivity index (χ0v) is 13.8. The van der Waals surface area contributed by atoms with E-state index in [4.69, 9.17) is 4.99 Å². The summed E-state index contributed by atoms with van der Waals surface area (Å²) in [7, 11) is -2.87. The zero-order valence-electron chi connectivity index (χ0n) is 12.1. The fourth-order valence-corrected chi connectivity index (χ4v) is 6.28. The van der Waals surface area contributed by atoms with Gasteiger partial charge in [-0.2, -0.15) is 0 Å². The van der Waals surface area contributed by atoms with Gasteiger partial charge < -0.3 is 0 Å². The van der Waals surface area contributed by atoms with E-state index in [1.165, 1.54) is 25.7 Å². The molecule has 1 unspecified atom stereocenters. The predicted molar refractivity (Wildman–Crippen MR) is 83.4 cm³/mol. The van der Waals surface area contributed by atoms with Crippen molar-refractivity contribution >= 4 is 26.8 Å². The molecule has 1 saturated carbocycles. The van der Waals surface area contributed by atoms with E-state index < -0.39 is 9.84 Å². The summed E-state index contributed by atoms with van der Waals surface area (Å²) in [5.41, 5.74) is 3.05. The summed E-state index contributed by atoms with van der Waals surface area (Å²) in [6, 6.07) is 0.0365. The molecule has 20 heavy (non-hydrogen) atoms. The van der Waals surface area contributed by atoms with Crippen LogP contribution in [0, 0.1) is 0 Å². The number of nitrogens with zero attached hydrogens (tertiary/aromatic N) is 2. The van der Waals surface area contributed by atoms with Crippen LogP contribution in [0.25, 0.3) is 0 Å². The number of aliphatic imine (C=N–C) groups is 1. The highest BCUT2D eigenvalue weighted by Gasteiger charge is 2.41. The number of rotatable bonds is 2. The summed E-state index contributed by atoms with van der Waals surface area (Å²) in [6.45, 7) is 4.07. The molecule has 1 atom stereocenters. The molecule has 2 fully saturated rings. The molecule has 0 aromatic rings. The largest absolute Gasteiger partial charge is 0.281 e. The SMILES string of the molecule is CC1(C)N=C(SC2CCCC2)N(C2CCS(=O)(=O)C2)N1. The lowest BCUT2D eigenvalue weighted by Gasteiger charge is -2.29. The van der Waals surface area contributed by atoms with Gasteiger partial charge in [-0.25, -0.2) is 18.8 Å². The third-order valence-electron chi connectivity index (χ3n) is 4.12. The van der Waals surface area contributed by atoms with Crippen molar-refractivity contribution in [2.45, 2.75) is 62.9 Å². The molecule has 0 aromatic carbocycles. The second kappa shape index (κ2) is 5.18. The first-order valence-corrected chi connectivity index (χ1v) is 10.1. The predicted octanol–water partition coefficient (Wildman–Crippen LogP) is 1.76. The number of nitrogens with one attached hydrogen (secondary N) is 1. The van der Waals surface area contributed by atoms with E-state index in [1.54, 1.807) is 0 Å². The zero-order chi connectivity index (χ0) is 14.4. The van der Waals surface area contributed by atoms with Crippen LogP contribution in [0.1, 0.15) is 46.0 Å². The van der Waals surface area contributed by atoms with Crippen molar-refractivity contribution in [3.63, 3.8) is 0 Å². The van der Waals surface area contributed by atoms with Crippen LogP contribution in [0.5, 0.6) is 0 Å². The molecular weight excluding hydrogens is 294 g/mol. The molecule has 2 heterocycles. The monoisotopic (exact) mass is 317 g/mol. The maximum atomic E-state index is 11.7. The van der Waals surface area contributed by atoms with Crippen LogP contribution in [-0.2, 0) is 9.84 Å². The van der Waals surface area contributed by atoms with Gasteiger partial charge >= 0.3 is 0 Å². The quantitative estimate of drug-likeness (QED) is 0.841. The molecule has 114 valence electrons. The Hall–Kier alpha value is -0.270. The van der Waals surface area contributed by atoms with Gasteiger partial charge in [0.25, 0.3) is 0 Å². The van der Waals surface area contributed by atoms with Crippen molar-refractivity contribution in [3.8, 4) is 0 Å². The van der Waals surface area contributed by atoms with E-state index in [1.807, 2.05) is 30.6 Å². The number of hydrazine groups is 1. The van der Waals surface area contributed by atoms with E-state index >= 15 is 0 Å². The molecule has 0 radical (unpaired) electrons. The highest BCUT2D eigenvalue weighted by molar-refractivity contribution is 8.14. The summed E-state index contributed by atoms with van der Waals surface area (Å²) < 4.78 is 23.4. The van der Waals surface area contributed by atoms with E-state index in [-0.39, 0.29) is 17.5 Å². The number of sulfone groups is 1.